The van der Waals surface area contributed by atoms with E-state index in [1.165, 1.54) is 0 Å². The molecule has 1 aromatic heterocycles. The number of H-pyrrole nitrogens is 1. The first-order valence-electron chi connectivity index (χ1n) is 7.22. The van der Waals surface area contributed by atoms with Crippen LogP contribution in [0, 0.1) is 13.8 Å². The molecule has 1 unspecified atom stereocenters. The van der Waals surface area contributed by atoms with Crippen LogP contribution < -0.4 is 5.32 Å². The number of aryl methyl sites for hydroxylation is 2. The molecule has 0 radical (unpaired) electrons. The van der Waals surface area contributed by atoms with Gasteiger partial charge in [0.25, 0.3) is 0 Å². The molecule has 2 heterocycles. The van der Waals surface area contributed by atoms with Gasteiger partial charge >= 0.3 is 0 Å². The standard InChI is InChI=1S/C13H24N4O2S/c1-4-8-17(12-6-5-7-14-9-12)20(18,19)13-10(2)15-16-11(13)3/h12,14H,4-9H2,1-3H3,(H,15,16). The lowest BCUT2D eigenvalue weighted by Crippen LogP contribution is -2.49. The van der Waals surface area contributed by atoms with Crippen molar-refractivity contribution in [2.45, 2.75) is 51.0 Å². The van der Waals surface area contributed by atoms with Crippen molar-refractivity contribution in [3.8, 4) is 0 Å². The van der Waals surface area contributed by atoms with E-state index in [-0.39, 0.29) is 6.04 Å². The Labute approximate surface area is 121 Å². The highest BCUT2D eigenvalue weighted by atomic mass is 32.2. The number of aromatic nitrogens is 2. The maximum Gasteiger partial charge on any atom is 0.247 e. The van der Waals surface area contributed by atoms with Crippen LogP contribution in [0.25, 0.3) is 0 Å². The minimum atomic E-state index is -3.48. The van der Waals surface area contributed by atoms with Gasteiger partial charge in [-0.3, -0.25) is 5.10 Å². The Morgan fingerprint density at radius 1 is 1.40 bits per heavy atom. The molecular weight excluding hydrogens is 276 g/mol. The van der Waals surface area contributed by atoms with Crippen LogP contribution in [0.4, 0.5) is 0 Å². The fourth-order valence-electron chi connectivity index (χ4n) is 2.84. The van der Waals surface area contributed by atoms with Crippen molar-refractivity contribution in [1.82, 2.24) is 19.8 Å². The lowest BCUT2D eigenvalue weighted by molar-refractivity contribution is 0.266. The predicted molar refractivity (Wildman–Crippen MR) is 78.1 cm³/mol. The molecule has 1 fully saturated rings. The number of hydrogen-bond acceptors (Lipinski definition) is 4. The molecule has 0 bridgehead atoms. The van der Waals surface area contributed by atoms with Crippen molar-refractivity contribution < 1.29 is 8.42 Å². The minimum absolute atomic E-state index is 0.0439. The Morgan fingerprint density at radius 3 is 2.65 bits per heavy atom. The van der Waals surface area contributed by atoms with E-state index in [1.54, 1.807) is 18.2 Å². The van der Waals surface area contributed by atoms with Crippen LogP contribution in [0.2, 0.25) is 0 Å². The molecule has 0 amide bonds. The van der Waals surface area contributed by atoms with Gasteiger partial charge in [-0.25, -0.2) is 8.42 Å². The van der Waals surface area contributed by atoms with Gasteiger partial charge in [0.05, 0.1) is 11.4 Å². The van der Waals surface area contributed by atoms with Gasteiger partial charge in [0.15, 0.2) is 0 Å². The van der Waals surface area contributed by atoms with Gasteiger partial charge in [-0.1, -0.05) is 6.92 Å². The molecule has 2 rings (SSSR count). The Hall–Kier alpha value is -0.920. The van der Waals surface area contributed by atoms with E-state index < -0.39 is 10.0 Å². The summed E-state index contributed by atoms with van der Waals surface area (Å²) in [5.74, 6) is 0. The fraction of sp³-hybridized carbons (Fsp3) is 0.769. The van der Waals surface area contributed by atoms with Gasteiger partial charge in [0.2, 0.25) is 10.0 Å². The second-order valence-corrected chi connectivity index (χ2v) is 7.21. The number of hydrogen-bond donors (Lipinski definition) is 2. The summed E-state index contributed by atoms with van der Waals surface area (Å²) in [6.07, 6.45) is 2.75. The molecule has 6 nitrogen and oxygen atoms in total. The number of nitrogens with one attached hydrogen (secondary N) is 2. The second-order valence-electron chi connectivity index (χ2n) is 5.38. The van der Waals surface area contributed by atoms with Gasteiger partial charge in [0.1, 0.15) is 4.90 Å². The molecule has 114 valence electrons. The first-order valence-corrected chi connectivity index (χ1v) is 8.66. The van der Waals surface area contributed by atoms with Crippen LogP contribution in [-0.4, -0.2) is 48.6 Å². The van der Waals surface area contributed by atoms with Crippen molar-refractivity contribution in [1.29, 1.82) is 0 Å². The SMILES string of the molecule is CCCN(C1CCCNC1)S(=O)(=O)c1c(C)n[nH]c1C. The molecule has 20 heavy (non-hydrogen) atoms. The lowest BCUT2D eigenvalue weighted by Gasteiger charge is -2.33. The molecule has 1 aliphatic heterocycles. The summed E-state index contributed by atoms with van der Waals surface area (Å²) >= 11 is 0. The summed E-state index contributed by atoms with van der Waals surface area (Å²) in [6, 6.07) is 0.0439. The van der Waals surface area contributed by atoms with E-state index in [2.05, 4.69) is 15.5 Å². The van der Waals surface area contributed by atoms with Crippen LogP contribution in [0.15, 0.2) is 4.90 Å². The maximum absolute atomic E-state index is 13.0. The Bertz CT molecular complexity index is 527. The summed E-state index contributed by atoms with van der Waals surface area (Å²) < 4.78 is 27.6. The molecule has 1 atom stereocenters. The van der Waals surface area contributed by atoms with Gasteiger partial charge in [-0.2, -0.15) is 9.40 Å². The van der Waals surface area contributed by atoms with Crippen LogP contribution in [0.3, 0.4) is 0 Å². The molecular formula is C13H24N4O2S. The largest absolute Gasteiger partial charge is 0.315 e. The van der Waals surface area contributed by atoms with Crippen molar-refractivity contribution >= 4 is 10.0 Å². The highest BCUT2D eigenvalue weighted by Crippen LogP contribution is 2.25. The van der Waals surface area contributed by atoms with Crippen LogP contribution >= 0.6 is 0 Å². The summed E-state index contributed by atoms with van der Waals surface area (Å²) in [6.45, 7) is 7.76. The van der Waals surface area contributed by atoms with Gasteiger partial charge in [-0.05, 0) is 39.7 Å². The van der Waals surface area contributed by atoms with Gasteiger partial charge in [0, 0.05) is 19.1 Å². The zero-order valence-electron chi connectivity index (χ0n) is 12.4. The zero-order chi connectivity index (χ0) is 14.8. The molecule has 1 saturated heterocycles. The maximum atomic E-state index is 13.0. The molecule has 1 aromatic rings. The van der Waals surface area contributed by atoms with Gasteiger partial charge in [-0.15, -0.1) is 0 Å². The third kappa shape index (κ3) is 2.89. The molecule has 0 aromatic carbocycles. The Morgan fingerprint density at radius 2 is 2.15 bits per heavy atom. The van der Waals surface area contributed by atoms with E-state index in [1.807, 2.05) is 6.92 Å². The first-order chi connectivity index (χ1) is 9.48. The highest BCUT2D eigenvalue weighted by Gasteiger charge is 2.34. The number of nitrogens with zero attached hydrogens (tertiary/aromatic N) is 2. The highest BCUT2D eigenvalue weighted by molar-refractivity contribution is 7.89. The summed E-state index contributed by atoms with van der Waals surface area (Å²) in [7, 11) is -3.48. The normalized spacial score (nSPS) is 20.5. The monoisotopic (exact) mass is 300 g/mol. The van der Waals surface area contributed by atoms with Crippen LogP contribution in [-0.2, 0) is 10.0 Å². The van der Waals surface area contributed by atoms with E-state index >= 15 is 0 Å². The smallest absolute Gasteiger partial charge is 0.247 e. The minimum Gasteiger partial charge on any atom is -0.315 e. The molecule has 1 aliphatic rings. The number of sulfonamides is 1. The Balaban J connectivity index is 2.36. The summed E-state index contributed by atoms with van der Waals surface area (Å²) in [4.78, 5) is 0.344. The lowest BCUT2D eigenvalue weighted by atomic mass is 10.1. The topological polar surface area (TPSA) is 78.1 Å². The van der Waals surface area contributed by atoms with Crippen LogP contribution in [0.1, 0.15) is 37.6 Å². The summed E-state index contributed by atoms with van der Waals surface area (Å²) in [5.41, 5.74) is 1.17. The van der Waals surface area contributed by atoms with Crippen molar-refractivity contribution in [3.63, 3.8) is 0 Å². The fourth-order valence-corrected chi connectivity index (χ4v) is 4.92. The number of rotatable bonds is 5. The van der Waals surface area contributed by atoms with Crippen molar-refractivity contribution in [3.05, 3.63) is 11.4 Å². The van der Waals surface area contributed by atoms with Crippen molar-refractivity contribution in [2.24, 2.45) is 0 Å². The number of aromatic amines is 1. The molecule has 0 aliphatic carbocycles. The first kappa shape index (κ1) is 15.5. The Kier molecular flexibility index (Phi) is 4.82. The molecule has 0 spiro atoms. The molecule has 0 saturated carbocycles. The van der Waals surface area contributed by atoms with E-state index in [0.29, 0.717) is 22.8 Å². The van der Waals surface area contributed by atoms with E-state index in [0.717, 1.165) is 32.4 Å². The second kappa shape index (κ2) is 6.24. The molecule has 2 N–H and O–H groups in total. The average molecular weight is 300 g/mol. The number of piperidine rings is 1. The van der Waals surface area contributed by atoms with E-state index in [9.17, 15) is 8.42 Å². The summed E-state index contributed by atoms with van der Waals surface area (Å²) in [5, 5.41) is 10.1. The molecule has 7 heteroatoms. The van der Waals surface area contributed by atoms with Gasteiger partial charge < -0.3 is 5.32 Å². The predicted octanol–water partition coefficient (Wildman–Crippen LogP) is 1.18. The third-order valence-electron chi connectivity index (χ3n) is 3.75. The zero-order valence-corrected chi connectivity index (χ0v) is 13.3. The van der Waals surface area contributed by atoms with Crippen molar-refractivity contribution in [2.75, 3.05) is 19.6 Å². The quantitative estimate of drug-likeness (QED) is 0.856. The third-order valence-corrected chi connectivity index (χ3v) is 5.97. The average Bonchev–Trinajstić information content (AvgIpc) is 2.77. The van der Waals surface area contributed by atoms with Crippen LogP contribution in [0.5, 0.6) is 0 Å². The van der Waals surface area contributed by atoms with E-state index in [4.69, 9.17) is 0 Å².